The molecule has 0 radical (unpaired) electrons. The van der Waals surface area contributed by atoms with Crippen LogP contribution in [-0.2, 0) is 0 Å². The van der Waals surface area contributed by atoms with E-state index in [-0.39, 0.29) is 5.01 Å². The number of rotatable bonds is 5. The fourth-order valence-corrected chi connectivity index (χ4v) is 5.72. The summed E-state index contributed by atoms with van der Waals surface area (Å²) in [7, 11) is 0. The van der Waals surface area contributed by atoms with Gasteiger partial charge in [0.25, 0.3) is 5.91 Å². The molecule has 1 aliphatic carbocycles. The molecular weight excluding hydrogens is 529 g/mol. The minimum Gasteiger partial charge on any atom is -0.389 e. The quantitative estimate of drug-likeness (QED) is 0.326. The molecule has 3 atom stereocenters. The third kappa shape index (κ3) is 4.53. The normalized spacial score (nSPS) is 19.5. The Morgan fingerprint density at radius 2 is 1.92 bits per heavy atom. The van der Waals surface area contributed by atoms with Crippen LogP contribution in [0.4, 0.5) is 4.39 Å². The van der Waals surface area contributed by atoms with Gasteiger partial charge in [-0.3, -0.25) is 9.78 Å². The van der Waals surface area contributed by atoms with E-state index in [0.29, 0.717) is 51.1 Å². The Labute approximate surface area is 225 Å². The largest absolute Gasteiger partial charge is 0.389 e. The van der Waals surface area contributed by atoms with Crippen molar-refractivity contribution in [2.45, 2.75) is 37.5 Å². The lowest BCUT2D eigenvalue weighted by atomic mass is 9.87. The highest BCUT2D eigenvalue weighted by molar-refractivity contribution is 7.17. The highest BCUT2D eigenvalue weighted by Gasteiger charge is 2.37. The molecule has 38 heavy (non-hydrogen) atoms. The van der Waals surface area contributed by atoms with Gasteiger partial charge in [-0.15, -0.1) is 0 Å². The molecule has 9 nitrogen and oxygen atoms in total. The topological polar surface area (TPSA) is 119 Å². The number of amides is 1. The zero-order valence-electron chi connectivity index (χ0n) is 19.8. The minimum absolute atomic E-state index is 0.225. The molecule has 192 valence electrons. The Morgan fingerprint density at radius 3 is 2.68 bits per heavy atom. The summed E-state index contributed by atoms with van der Waals surface area (Å²) < 4.78 is 17.3. The van der Waals surface area contributed by atoms with Crippen molar-refractivity contribution in [1.82, 2.24) is 34.8 Å². The van der Waals surface area contributed by atoms with Crippen LogP contribution in [0.25, 0.3) is 33.9 Å². The molecule has 1 aromatic carbocycles. The number of aliphatic hydroxyl groups excluding tert-OH is 1. The first-order chi connectivity index (χ1) is 18.5. The van der Waals surface area contributed by atoms with Crippen LogP contribution in [0.5, 0.6) is 0 Å². The third-order valence-corrected chi connectivity index (χ3v) is 7.74. The van der Waals surface area contributed by atoms with Crippen molar-refractivity contribution in [3.05, 3.63) is 76.3 Å². The SMILES string of the molecule is O=C(N[C@H]1CCC[C@@H](n2c(-c3ccccc3F)nc3cnc(-c4ncccn4)cc32)[C@@H]1O)c1ncc(Cl)s1. The van der Waals surface area contributed by atoms with Crippen LogP contribution in [0.3, 0.4) is 0 Å². The van der Waals surface area contributed by atoms with Gasteiger partial charge in [0.15, 0.2) is 10.8 Å². The van der Waals surface area contributed by atoms with Crippen molar-refractivity contribution in [2.24, 2.45) is 0 Å². The number of halogens is 2. The first-order valence-corrected chi connectivity index (χ1v) is 13.2. The van der Waals surface area contributed by atoms with Gasteiger partial charge in [-0.05, 0) is 43.5 Å². The van der Waals surface area contributed by atoms with Crippen molar-refractivity contribution in [1.29, 1.82) is 0 Å². The van der Waals surface area contributed by atoms with Crippen LogP contribution >= 0.6 is 22.9 Å². The van der Waals surface area contributed by atoms with Crippen molar-refractivity contribution in [2.75, 3.05) is 0 Å². The van der Waals surface area contributed by atoms with Gasteiger partial charge >= 0.3 is 0 Å². The highest BCUT2D eigenvalue weighted by atomic mass is 35.5. The summed E-state index contributed by atoms with van der Waals surface area (Å²) >= 11 is 7.01. The summed E-state index contributed by atoms with van der Waals surface area (Å²) in [5.41, 5.74) is 2.02. The fourth-order valence-electron chi connectivity index (χ4n) is 4.91. The lowest BCUT2D eigenvalue weighted by Crippen LogP contribution is -2.49. The summed E-state index contributed by atoms with van der Waals surface area (Å²) in [6.07, 6.45) is 7.20. The Balaban J connectivity index is 1.44. The zero-order chi connectivity index (χ0) is 26.2. The molecule has 6 rings (SSSR count). The molecule has 0 saturated heterocycles. The van der Waals surface area contributed by atoms with Gasteiger partial charge in [-0.25, -0.2) is 24.3 Å². The van der Waals surface area contributed by atoms with E-state index >= 15 is 4.39 Å². The predicted molar refractivity (Wildman–Crippen MR) is 141 cm³/mol. The standard InChI is InChI=1S/C26H21ClFN7O2S/c27-21-13-32-26(38-21)25(37)34-16-7-3-8-19(22(16)36)35-20-11-17(23-29-9-4-10-30-23)31-12-18(20)33-24(35)14-5-1-2-6-15(14)28/h1-2,4-6,9-13,16,19,22,36H,3,7-8H2,(H,34,37)/t16-,19+,22+/m0/s1. The number of benzene rings is 1. The van der Waals surface area contributed by atoms with Crippen LogP contribution in [0.15, 0.2) is 61.2 Å². The Hall–Kier alpha value is -3.80. The van der Waals surface area contributed by atoms with Crippen molar-refractivity contribution < 1.29 is 14.3 Å². The number of aliphatic hydroxyl groups is 1. The second-order valence-electron chi connectivity index (χ2n) is 8.95. The number of nitrogens with one attached hydrogen (secondary N) is 1. The van der Waals surface area contributed by atoms with E-state index < -0.39 is 29.9 Å². The van der Waals surface area contributed by atoms with E-state index in [1.807, 2.05) is 4.57 Å². The average Bonchev–Trinajstić information content (AvgIpc) is 3.54. The number of fused-ring (bicyclic) bond motifs is 1. The Kier molecular flexibility index (Phi) is 6.56. The maximum atomic E-state index is 15.0. The average molecular weight is 550 g/mol. The molecule has 0 bridgehead atoms. The molecule has 4 aromatic heterocycles. The van der Waals surface area contributed by atoms with E-state index in [1.165, 1.54) is 12.3 Å². The Morgan fingerprint density at radius 1 is 1.11 bits per heavy atom. The van der Waals surface area contributed by atoms with Crippen molar-refractivity contribution in [3.63, 3.8) is 0 Å². The summed E-state index contributed by atoms with van der Waals surface area (Å²) in [4.78, 5) is 34.6. The van der Waals surface area contributed by atoms with Gasteiger partial charge < -0.3 is 15.0 Å². The van der Waals surface area contributed by atoms with Crippen LogP contribution in [0.2, 0.25) is 4.34 Å². The third-order valence-electron chi connectivity index (χ3n) is 6.63. The number of carbonyl (C=O) groups excluding carboxylic acids is 1. The fraction of sp³-hybridized carbons (Fsp3) is 0.231. The summed E-state index contributed by atoms with van der Waals surface area (Å²) in [5, 5.41) is 14.7. The Bertz CT molecular complexity index is 1630. The summed E-state index contributed by atoms with van der Waals surface area (Å²) in [5.74, 6) is -0.0247. The number of pyridine rings is 1. The second-order valence-corrected chi connectivity index (χ2v) is 10.6. The smallest absolute Gasteiger partial charge is 0.280 e. The van der Waals surface area contributed by atoms with E-state index in [9.17, 15) is 9.90 Å². The molecular formula is C26H21ClFN7O2S. The molecule has 1 amide bonds. The number of aromatic nitrogens is 6. The number of hydrogen-bond donors (Lipinski definition) is 2. The number of hydrogen-bond acceptors (Lipinski definition) is 8. The van der Waals surface area contributed by atoms with Crippen LogP contribution < -0.4 is 5.32 Å². The van der Waals surface area contributed by atoms with Gasteiger partial charge in [0.2, 0.25) is 0 Å². The number of nitrogens with zero attached hydrogens (tertiary/aromatic N) is 6. The number of thiazole rings is 1. The minimum atomic E-state index is -0.976. The molecule has 0 unspecified atom stereocenters. The van der Waals surface area contributed by atoms with E-state index in [2.05, 4.69) is 25.3 Å². The van der Waals surface area contributed by atoms with Gasteiger partial charge in [0, 0.05) is 12.4 Å². The van der Waals surface area contributed by atoms with Crippen molar-refractivity contribution >= 4 is 39.9 Å². The van der Waals surface area contributed by atoms with E-state index in [0.717, 1.165) is 17.8 Å². The van der Waals surface area contributed by atoms with Gasteiger partial charge in [0.05, 0.1) is 41.7 Å². The molecule has 1 aliphatic rings. The second kappa shape index (κ2) is 10.2. The lowest BCUT2D eigenvalue weighted by molar-refractivity contribution is 0.0417. The molecule has 12 heteroatoms. The van der Waals surface area contributed by atoms with Crippen molar-refractivity contribution in [3.8, 4) is 22.9 Å². The first kappa shape index (κ1) is 24.5. The van der Waals surface area contributed by atoms with Gasteiger partial charge in [-0.1, -0.05) is 35.1 Å². The molecule has 2 N–H and O–H groups in total. The van der Waals surface area contributed by atoms with E-state index in [1.54, 1.807) is 48.9 Å². The highest BCUT2D eigenvalue weighted by Crippen LogP contribution is 2.37. The van der Waals surface area contributed by atoms with Gasteiger partial charge in [0.1, 0.15) is 27.2 Å². The molecule has 0 spiro atoms. The molecule has 1 saturated carbocycles. The molecule has 4 heterocycles. The zero-order valence-corrected chi connectivity index (χ0v) is 21.4. The maximum Gasteiger partial charge on any atom is 0.280 e. The van der Waals surface area contributed by atoms with Crippen LogP contribution in [0.1, 0.15) is 35.1 Å². The van der Waals surface area contributed by atoms with Crippen LogP contribution in [0, 0.1) is 5.82 Å². The number of carbonyl (C=O) groups is 1. The molecule has 5 aromatic rings. The summed E-state index contributed by atoms with van der Waals surface area (Å²) in [6.45, 7) is 0. The maximum absolute atomic E-state index is 15.0. The van der Waals surface area contributed by atoms with Crippen LogP contribution in [-0.4, -0.2) is 52.6 Å². The monoisotopic (exact) mass is 549 g/mol. The number of imidazole rings is 1. The summed E-state index contributed by atoms with van der Waals surface area (Å²) in [6, 6.07) is 8.85. The first-order valence-electron chi connectivity index (χ1n) is 12.0. The predicted octanol–water partition coefficient (Wildman–Crippen LogP) is 4.69. The lowest BCUT2D eigenvalue weighted by Gasteiger charge is -2.36. The van der Waals surface area contributed by atoms with E-state index in [4.69, 9.17) is 16.6 Å². The molecule has 0 aliphatic heterocycles. The molecule has 1 fully saturated rings. The van der Waals surface area contributed by atoms with Gasteiger partial charge in [-0.2, -0.15) is 0 Å².